The van der Waals surface area contributed by atoms with Crippen LogP contribution in [0.4, 0.5) is 0 Å². The van der Waals surface area contributed by atoms with Gasteiger partial charge in [0.1, 0.15) is 23.9 Å². The predicted molar refractivity (Wildman–Crippen MR) is 168 cm³/mol. The van der Waals surface area contributed by atoms with Crippen molar-refractivity contribution in [3.8, 4) is 33.9 Å². The van der Waals surface area contributed by atoms with Gasteiger partial charge in [0, 0.05) is 43.6 Å². The fourth-order valence-corrected chi connectivity index (χ4v) is 6.64. The van der Waals surface area contributed by atoms with Crippen LogP contribution >= 0.6 is 0 Å². The Hall–Kier alpha value is -4.44. The summed E-state index contributed by atoms with van der Waals surface area (Å²) in [6.45, 7) is 10.0. The number of hydrogen-bond acceptors (Lipinski definition) is 1. The number of aryl methyl sites for hydroxylation is 2. The van der Waals surface area contributed by atoms with E-state index in [0.29, 0.717) is 0 Å². The molecule has 0 aliphatic carbocycles. The molecule has 4 aromatic carbocycles. The zero-order valence-corrected chi connectivity index (χ0v) is 24.7. The van der Waals surface area contributed by atoms with Crippen LogP contribution in [-0.2, 0) is 13.5 Å². The van der Waals surface area contributed by atoms with Crippen molar-refractivity contribution in [1.82, 2.24) is 14.1 Å². The normalized spacial score (nSPS) is 13.7. The molecule has 4 nitrogen and oxygen atoms in total. The van der Waals surface area contributed by atoms with Crippen molar-refractivity contribution in [2.45, 2.75) is 52.8 Å². The molecule has 3 heterocycles. The van der Waals surface area contributed by atoms with Crippen molar-refractivity contribution in [3.63, 3.8) is 0 Å². The van der Waals surface area contributed by atoms with Gasteiger partial charge in [0.25, 0.3) is 5.82 Å². The monoisotopic (exact) mass is 539 g/mol. The molecular formula is C37H37N4+. The summed E-state index contributed by atoms with van der Waals surface area (Å²) in [7, 11) is 2.09. The lowest BCUT2D eigenvalue weighted by molar-refractivity contribution is -0.659. The van der Waals surface area contributed by atoms with Gasteiger partial charge in [0.2, 0.25) is 0 Å². The van der Waals surface area contributed by atoms with Gasteiger partial charge in [-0.15, -0.1) is 0 Å². The Morgan fingerprint density at radius 2 is 1.46 bits per heavy atom. The molecule has 7 rings (SSSR count). The van der Waals surface area contributed by atoms with E-state index in [4.69, 9.17) is 4.98 Å². The average molecular weight is 540 g/mol. The molecule has 0 atom stereocenters. The van der Waals surface area contributed by atoms with Gasteiger partial charge in [-0.3, -0.25) is 0 Å². The summed E-state index contributed by atoms with van der Waals surface area (Å²) in [6.07, 6.45) is 8.89. The van der Waals surface area contributed by atoms with Crippen LogP contribution in [0.1, 0.15) is 70.3 Å². The van der Waals surface area contributed by atoms with E-state index >= 15 is 0 Å². The lowest BCUT2D eigenvalue weighted by atomic mass is 9.87. The largest absolute Gasteiger partial charge is 0.303 e. The molecule has 1 aliphatic rings. The van der Waals surface area contributed by atoms with E-state index in [-0.39, 0.29) is 0 Å². The Balaban J connectivity index is 1.59. The molecule has 0 N–H and O–H groups in total. The van der Waals surface area contributed by atoms with E-state index in [1.165, 1.54) is 33.2 Å². The highest BCUT2D eigenvalue weighted by Crippen LogP contribution is 2.44. The van der Waals surface area contributed by atoms with Crippen LogP contribution < -0.4 is 4.57 Å². The number of rotatable bonds is 5. The average Bonchev–Trinajstić information content (AvgIpc) is 3.67. The van der Waals surface area contributed by atoms with Crippen LogP contribution in [0, 0.1) is 6.92 Å². The number of nitrogens with zero attached hydrogens (tertiary/aromatic N) is 4. The first-order chi connectivity index (χ1) is 20.4. The van der Waals surface area contributed by atoms with Gasteiger partial charge in [-0.25, -0.2) is 9.55 Å². The minimum absolute atomic E-state index is 0.745. The molecule has 0 fully saturated rings. The lowest BCUT2D eigenvalue weighted by Gasteiger charge is -2.21. The second kappa shape index (κ2) is 9.59. The van der Waals surface area contributed by atoms with Crippen LogP contribution in [0.2, 0.25) is 0 Å². The Kier molecular flexibility index (Phi) is 5.44. The predicted octanol–water partition coefficient (Wildman–Crippen LogP) is 8.43. The summed E-state index contributed by atoms with van der Waals surface area (Å²) in [5.74, 6) is 0.251. The van der Waals surface area contributed by atoms with Crippen molar-refractivity contribution >= 4 is 10.8 Å². The van der Waals surface area contributed by atoms with E-state index < -0.39 is 11.8 Å². The van der Waals surface area contributed by atoms with Crippen LogP contribution in [0.15, 0.2) is 91.5 Å². The summed E-state index contributed by atoms with van der Waals surface area (Å²) in [5.41, 5.74) is 9.66. The number of aromatic nitrogens is 4. The number of imidazole rings is 2. The van der Waals surface area contributed by atoms with Gasteiger partial charge in [-0.05, 0) is 52.9 Å². The Bertz CT molecular complexity index is 2000. The first-order valence-electron chi connectivity index (χ1n) is 15.3. The molecular weight excluding hydrogens is 500 g/mol. The summed E-state index contributed by atoms with van der Waals surface area (Å²) < 4.78 is 25.4. The number of benzene rings is 4. The Morgan fingerprint density at radius 3 is 2.15 bits per heavy atom. The van der Waals surface area contributed by atoms with E-state index in [1.54, 1.807) is 0 Å². The van der Waals surface area contributed by atoms with Crippen molar-refractivity contribution in [1.29, 1.82) is 0 Å². The molecule has 4 heteroatoms. The van der Waals surface area contributed by atoms with Crippen LogP contribution in [0.3, 0.4) is 0 Å². The fraction of sp³-hybridized carbons (Fsp3) is 0.243. The lowest BCUT2D eigenvalue weighted by Crippen LogP contribution is -2.30. The minimum Gasteiger partial charge on any atom is -0.303 e. The summed E-state index contributed by atoms with van der Waals surface area (Å²) >= 11 is 0. The molecule has 204 valence electrons. The van der Waals surface area contributed by atoms with E-state index in [9.17, 15) is 2.74 Å². The maximum Gasteiger partial charge on any atom is 0.294 e. The first-order valence-corrected chi connectivity index (χ1v) is 14.3. The smallest absolute Gasteiger partial charge is 0.294 e. The molecule has 0 amide bonds. The van der Waals surface area contributed by atoms with E-state index in [2.05, 4.69) is 94.8 Å². The zero-order valence-electron chi connectivity index (χ0n) is 26.7. The summed E-state index contributed by atoms with van der Waals surface area (Å²) in [5, 5.41) is 2.44. The van der Waals surface area contributed by atoms with Gasteiger partial charge in [-0.1, -0.05) is 82.3 Å². The van der Waals surface area contributed by atoms with Crippen molar-refractivity contribution in [3.05, 3.63) is 120 Å². The molecule has 0 saturated carbocycles. The Labute approximate surface area is 245 Å². The molecule has 6 aromatic rings. The van der Waals surface area contributed by atoms with E-state index in [0.717, 1.165) is 46.0 Å². The summed E-state index contributed by atoms with van der Waals surface area (Å²) in [6, 6.07) is 23.3. The van der Waals surface area contributed by atoms with Gasteiger partial charge < -0.3 is 4.57 Å². The molecule has 0 radical (unpaired) electrons. The maximum absolute atomic E-state index is 9.35. The van der Waals surface area contributed by atoms with Crippen LogP contribution in [-0.4, -0.2) is 14.1 Å². The zero-order chi connectivity index (χ0) is 30.3. The highest BCUT2D eigenvalue weighted by Gasteiger charge is 2.34. The second-order valence-electron chi connectivity index (χ2n) is 11.7. The molecule has 0 bridgehead atoms. The van der Waals surface area contributed by atoms with Gasteiger partial charge >= 0.3 is 0 Å². The summed E-state index contributed by atoms with van der Waals surface area (Å²) in [4.78, 5) is 4.70. The van der Waals surface area contributed by atoms with Crippen molar-refractivity contribution in [2.75, 3.05) is 0 Å². The molecule has 1 aliphatic heterocycles. The molecule has 0 spiro atoms. The van der Waals surface area contributed by atoms with Gasteiger partial charge in [0.15, 0.2) is 0 Å². The maximum atomic E-state index is 9.35. The first kappa shape index (κ1) is 23.3. The second-order valence-corrected chi connectivity index (χ2v) is 11.7. The van der Waals surface area contributed by atoms with Crippen molar-refractivity contribution < 1.29 is 7.31 Å². The topological polar surface area (TPSA) is 26.6 Å². The van der Waals surface area contributed by atoms with E-state index in [1.807, 2.05) is 52.1 Å². The van der Waals surface area contributed by atoms with Crippen molar-refractivity contribution in [2.24, 2.45) is 7.05 Å². The third-order valence-corrected chi connectivity index (χ3v) is 8.60. The third kappa shape index (κ3) is 3.88. The quantitative estimate of drug-likeness (QED) is 0.202. The third-order valence-electron chi connectivity index (χ3n) is 8.60. The molecule has 41 heavy (non-hydrogen) atoms. The molecule has 0 unspecified atom stereocenters. The van der Waals surface area contributed by atoms with Gasteiger partial charge in [0.05, 0.1) is 18.3 Å². The molecule has 2 aromatic heterocycles. The van der Waals surface area contributed by atoms with Crippen LogP contribution in [0.25, 0.3) is 44.7 Å². The highest BCUT2D eigenvalue weighted by molar-refractivity contribution is 6.00. The fourth-order valence-electron chi connectivity index (χ4n) is 6.64. The molecule has 0 saturated heterocycles. The van der Waals surface area contributed by atoms with Gasteiger partial charge in [-0.2, -0.15) is 4.57 Å². The standard InChI is InChI=1S/C37H37N4/c1-23(2)30-20-27(26-12-8-7-9-13-26)21-31(24(3)4)36(30)41-19-18-39(6)37(41)34-25(5)28-14-10-11-15-29(28)35-32(34)22-33-38-16-17-40(33)35/h7-21,23-24H,22H2,1-6H3/q+1/i23D,24D. The number of fused-ring (bicyclic) bond motifs is 5. The Morgan fingerprint density at radius 1 is 0.805 bits per heavy atom. The SMILES string of the molecule is [2H]C(C)(C)c1cc(-c2ccccc2)cc(C([2H])(C)C)c1-n1cc[n+](C)c1-c1c2c(c3ccccc3c1C)-n1ccnc1C2. The highest BCUT2D eigenvalue weighted by atomic mass is 15.2. The minimum atomic E-state index is -0.914. The van der Waals surface area contributed by atoms with Crippen LogP contribution in [0.5, 0.6) is 0 Å². The number of hydrogen-bond donors (Lipinski definition) is 0.